The first-order chi connectivity index (χ1) is 16.2. The van der Waals surface area contributed by atoms with Crippen molar-refractivity contribution in [2.24, 2.45) is 0 Å². The van der Waals surface area contributed by atoms with Crippen molar-refractivity contribution < 1.29 is 13.7 Å². The summed E-state index contributed by atoms with van der Waals surface area (Å²) in [6.07, 6.45) is 5.07. The van der Waals surface area contributed by atoms with Crippen molar-refractivity contribution in [1.29, 1.82) is 0 Å². The summed E-state index contributed by atoms with van der Waals surface area (Å²) in [4.78, 5) is 21.6. The number of halogens is 1. The lowest BCUT2D eigenvalue weighted by Crippen LogP contribution is -2.03. The Labute approximate surface area is 185 Å². The van der Waals surface area contributed by atoms with E-state index in [2.05, 4.69) is 10.1 Å². The van der Waals surface area contributed by atoms with Crippen molar-refractivity contribution in [1.82, 2.24) is 29.1 Å². The highest BCUT2D eigenvalue weighted by Gasteiger charge is 2.19. The van der Waals surface area contributed by atoms with Gasteiger partial charge in [0, 0.05) is 17.8 Å². The number of fused-ring (bicyclic) bond motifs is 2. The number of imidazole rings is 2. The van der Waals surface area contributed by atoms with Gasteiger partial charge in [0.2, 0.25) is 0 Å². The first-order valence-corrected chi connectivity index (χ1v) is 10.2. The molecule has 1 aromatic carbocycles. The summed E-state index contributed by atoms with van der Waals surface area (Å²) in [5.41, 5.74) is 5.09. The molecule has 0 atom stereocenters. The molecule has 0 bridgehead atoms. The van der Waals surface area contributed by atoms with Crippen molar-refractivity contribution in [3.05, 3.63) is 96.5 Å². The summed E-state index contributed by atoms with van der Waals surface area (Å²) in [5.74, 6) is -0.498. The predicted octanol–water partition coefficient (Wildman–Crippen LogP) is 4.26. The summed E-state index contributed by atoms with van der Waals surface area (Å²) in [6, 6.07) is 17.2. The topological polar surface area (TPSA) is 90.6 Å². The van der Waals surface area contributed by atoms with Crippen LogP contribution in [0.1, 0.15) is 16.2 Å². The number of nitrogens with zero attached hydrogens (tertiary/aromatic N) is 6. The van der Waals surface area contributed by atoms with Gasteiger partial charge in [0.1, 0.15) is 34.8 Å². The molecule has 5 aromatic heterocycles. The third-order valence-electron chi connectivity index (χ3n) is 5.33. The van der Waals surface area contributed by atoms with Crippen LogP contribution in [0, 0.1) is 5.82 Å². The predicted molar refractivity (Wildman–Crippen MR) is 117 cm³/mol. The average Bonchev–Trinajstić information content (AvgIpc) is 3.57. The van der Waals surface area contributed by atoms with Crippen LogP contribution in [0.2, 0.25) is 0 Å². The van der Waals surface area contributed by atoms with Crippen molar-refractivity contribution in [2.75, 3.05) is 0 Å². The molecule has 160 valence electrons. The molecule has 0 saturated heterocycles. The Hall–Kier alpha value is -4.66. The van der Waals surface area contributed by atoms with Gasteiger partial charge in [-0.15, -0.1) is 0 Å². The Morgan fingerprint density at radius 2 is 1.85 bits per heavy atom. The highest BCUT2D eigenvalue weighted by Crippen LogP contribution is 2.32. The van der Waals surface area contributed by atoms with Gasteiger partial charge in [-0.25, -0.2) is 18.9 Å². The fourth-order valence-electron chi connectivity index (χ4n) is 3.80. The fourth-order valence-corrected chi connectivity index (χ4v) is 3.80. The molecule has 0 radical (unpaired) electrons. The number of Topliss-reactive ketones (excluding diaryl/α,β-unsaturated/α-hetero) is 1. The molecule has 33 heavy (non-hydrogen) atoms. The van der Waals surface area contributed by atoms with Crippen LogP contribution in [0.5, 0.6) is 0 Å². The Bertz CT molecular complexity index is 1620. The number of pyridine rings is 1. The number of carbonyl (C=O) groups excluding carboxylic acids is 1. The van der Waals surface area contributed by atoms with Gasteiger partial charge in [0.25, 0.3) is 0 Å². The maximum absolute atomic E-state index is 13.5. The SMILES string of the molecule is O=C(Cc1cn2nc(-c3c(-c4ccc(F)cc4)nc4ccccn34)ccc2n1)c1ccon1. The molecule has 0 fully saturated rings. The summed E-state index contributed by atoms with van der Waals surface area (Å²) in [7, 11) is 0. The number of aromatic nitrogens is 6. The highest BCUT2D eigenvalue weighted by atomic mass is 19.1. The minimum absolute atomic E-state index is 0.0850. The normalized spacial score (nSPS) is 11.4. The van der Waals surface area contributed by atoms with Crippen molar-refractivity contribution in [3.63, 3.8) is 0 Å². The average molecular weight is 438 g/mol. The van der Waals surface area contributed by atoms with E-state index in [1.54, 1.807) is 22.8 Å². The maximum Gasteiger partial charge on any atom is 0.190 e. The van der Waals surface area contributed by atoms with Crippen molar-refractivity contribution in [3.8, 4) is 22.6 Å². The largest absolute Gasteiger partial charge is 0.364 e. The first-order valence-electron chi connectivity index (χ1n) is 10.2. The molecule has 0 aliphatic rings. The maximum atomic E-state index is 13.5. The van der Waals surface area contributed by atoms with Crippen LogP contribution in [0.4, 0.5) is 4.39 Å². The van der Waals surface area contributed by atoms with Gasteiger partial charge in [-0.2, -0.15) is 5.10 Å². The van der Waals surface area contributed by atoms with Crippen LogP contribution >= 0.6 is 0 Å². The van der Waals surface area contributed by atoms with Gasteiger partial charge in [-0.1, -0.05) is 11.2 Å². The van der Waals surface area contributed by atoms with E-state index in [1.165, 1.54) is 24.5 Å². The molecule has 9 heteroatoms. The van der Waals surface area contributed by atoms with E-state index < -0.39 is 0 Å². The van der Waals surface area contributed by atoms with Crippen LogP contribution in [-0.2, 0) is 6.42 Å². The Kier molecular flexibility index (Phi) is 4.32. The first kappa shape index (κ1) is 19.1. The Balaban J connectivity index is 1.45. The van der Waals surface area contributed by atoms with E-state index in [0.29, 0.717) is 22.7 Å². The van der Waals surface area contributed by atoms with E-state index in [-0.39, 0.29) is 23.7 Å². The lowest BCUT2D eigenvalue weighted by molar-refractivity contribution is 0.0983. The lowest BCUT2D eigenvalue weighted by atomic mass is 10.1. The zero-order valence-corrected chi connectivity index (χ0v) is 17.1. The highest BCUT2D eigenvalue weighted by molar-refractivity contribution is 5.95. The van der Waals surface area contributed by atoms with Crippen molar-refractivity contribution in [2.45, 2.75) is 6.42 Å². The molecule has 0 unspecified atom stereocenters. The number of hydrogen-bond acceptors (Lipinski definition) is 6. The molecular formula is C24H15FN6O2. The minimum atomic E-state index is -0.310. The third kappa shape index (κ3) is 3.35. The zero-order valence-electron chi connectivity index (χ0n) is 17.1. The fraction of sp³-hybridized carbons (Fsp3) is 0.0417. The number of carbonyl (C=O) groups is 1. The third-order valence-corrected chi connectivity index (χ3v) is 5.33. The Morgan fingerprint density at radius 1 is 0.970 bits per heavy atom. The molecule has 0 spiro atoms. The zero-order chi connectivity index (χ0) is 22.4. The second-order valence-electron chi connectivity index (χ2n) is 7.48. The number of hydrogen-bond donors (Lipinski definition) is 0. The second-order valence-corrected chi connectivity index (χ2v) is 7.48. The molecular weight excluding hydrogens is 423 g/mol. The van der Waals surface area contributed by atoms with Gasteiger partial charge in [0.05, 0.1) is 24.0 Å². The molecule has 6 aromatic rings. The van der Waals surface area contributed by atoms with E-state index in [0.717, 1.165) is 16.9 Å². The Morgan fingerprint density at radius 3 is 2.67 bits per heavy atom. The molecule has 0 N–H and O–H groups in total. The van der Waals surface area contributed by atoms with Crippen LogP contribution in [-0.4, -0.2) is 34.9 Å². The van der Waals surface area contributed by atoms with Gasteiger partial charge >= 0.3 is 0 Å². The van der Waals surface area contributed by atoms with E-state index in [4.69, 9.17) is 14.6 Å². The summed E-state index contributed by atoms with van der Waals surface area (Å²) in [6.45, 7) is 0. The van der Waals surface area contributed by atoms with Gasteiger partial charge in [0.15, 0.2) is 11.4 Å². The minimum Gasteiger partial charge on any atom is -0.364 e. The summed E-state index contributed by atoms with van der Waals surface area (Å²) >= 11 is 0. The van der Waals surface area contributed by atoms with Crippen molar-refractivity contribution >= 4 is 17.1 Å². The number of rotatable bonds is 5. The van der Waals surface area contributed by atoms with Gasteiger partial charge in [-0.3, -0.25) is 9.20 Å². The van der Waals surface area contributed by atoms with Crippen LogP contribution in [0.3, 0.4) is 0 Å². The molecule has 0 aliphatic carbocycles. The molecule has 8 nitrogen and oxygen atoms in total. The smallest absolute Gasteiger partial charge is 0.190 e. The van der Waals surface area contributed by atoms with Crippen LogP contribution < -0.4 is 0 Å². The van der Waals surface area contributed by atoms with Gasteiger partial charge < -0.3 is 4.52 Å². The summed E-state index contributed by atoms with van der Waals surface area (Å²) in [5, 5.41) is 8.42. The van der Waals surface area contributed by atoms with E-state index >= 15 is 0 Å². The van der Waals surface area contributed by atoms with E-state index in [1.807, 2.05) is 40.9 Å². The quantitative estimate of drug-likeness (QED) is 0.374. The molecule has 0 amide bonds. The molecule has 0 saturated carbocycles. The number of ketones is 1. The molecule has 5 heterocycles. The molecule has 6 rings (SSSR count). The number of benzene rings is 1. The summed E-state index contributed by atoms with van der Waals surface area (Å²) < 4.78 is 21.8. The second kappa shape index (κ2) is 7.49. The standard InChI is InChI=1S/C24H15FN6O2/c25-16-6-4-15(5-7-16)23-24(30-11-2-1-3-21(30)27-23)19-8-9-22-26-17(14-31(22)28-19)13-20(32)18-10-12-33-29-18/h1-12,14H,13H2. The monoisotopic (exact) mass is 438 g/mol. The van der Waals surface area contributed by atoms with E-state index in [9.17, 15) is 9.18 Å². The van der Waals surface area contributed by atoms with Gasteiger partial charge in [-0.05, 0) is 48.5 Å². The van der Waals surface area contributed by atoms with Crippen LogP contribution in [0.25, 0.3) is 33.9 Å². The molecule has 0 aliphatic heterocycles. The van der Waals surface area contributed by atoms with Crippen LogP contribution in [0.15, 0.2) is 83.8 Å². The lowest BCUT2D eigenvalue weighted by Gasteiger charge is -2.05.